The molecular weight excluding hydrogens is 177 g/mol. The minimum atomic E-state index is -0.361. The first-order valence-electron chi connectivity index (χ1n) is 4.64. The van der Waals surface area contributed by atoms with Gasteiger partial charge in [0.15, 0.2) is 13.6 Å². The van der Waals surface area contributed by atoms with Gasteiger partial charge in [-0.2, -0.15) is 5.26 Å². The Morgan fingerprint density at radius 2 is 2.00 bits per heavy atom. The highest BCUT2D eigenvalue weighted by Gasteiger charge is 2.19. The van der Waals surface area contributed by atoms with Gasteiger partial charge >= 0.3 is 0 Å². The summed E-state index contributed by atoms with van der Waals surface area (Å²) in [7, 11) is 0.922. The highest BCUT2D eigenvalue weighted by molar-refractivity contribution is 6.35. The molecule has 0 unspecified atom stereocenters. The standard InChI is InChI=1S/C10H10BNO2/c12-5-8-3-1-2-4-9(8)10-13-6-11-7-14-10/h1-4,10-11H,6-7H2. The number of hydrogen-bond donors (Lipinski definition) is 0. The molecule has 1 aromatic carbocycles. The SMILES string of the molecule is N#Cc1ccccc1C1OCBCO1. The molecule has 0 saturated carbocycles. The van der Waals surface area contributed by atoms with Crippen LogP contribution >= 0.6 is 0 Å². The van der Waals surface area contributed by atoms with E-state index in [1.165, 1.54) is 0 Å². The molecule has 1 fully saturated rings. The summed E-state index contributed by atoms with van der Waals surface area (Å²) in [6.07, 6.45) is -0.361. The monoisotopic (exact) mass is 187 g/mol. The Bertz CT molecular complexity index is 355. The van der Waals surface area contributed by atoms with Crippen molar-refractivity contribution in [3.05, 3.63) is 35.4 Å². The molecule has 3 nitrogen and oxygen atoms in total. The summed E-state index contributed by atoms with van der Waals surface area (Å²) >= 11 is 0. The molecule has 0 aliphatic carbocycles. The van der Waals surface area contributed by atoms with Crippen LogP contribution in [0.25, 0.3) is 0 Å². The van der Waals surface area contributed by atoms with Crippen molar-refractivity contribution in [1.82, 2.24) is 0 Å². The molecule has 1 heterocycles. The number of benzene rings is 1. The van der Waals surface area contributed by atoms with Crippen molar-refractivity contribution in [2.75, 3.05) is 13.0 Å². The molecule has 0 N–H and O–H groups in total. The number of rotatable bonds is 1. The summed E-state index contributed by atoms with van der Waals surface area (Å²) < 4.78 is 10.9. The van der Waals surface area contributed by atoms with E-state index in [1.54, 1.807) is 6.07 Å². The fourth-order valence-electron chi connectivity index (χ4n) is 1.47. The van der Waals surface area contributed by atoms with Crippen molar-refractivity contribution < 1.29 is 9.47 Å². The van der Waals surface area contributed by atoms with Gasteiger partial charge < -0.3 is 9.47 Å². The lowest BCUT2D eigenvalue weighted by Gasteiger charge is -2.23. The summed E-state index contributed by atoms with van der Waals surface area (Å²) in [5.74, 6) is 0. The van der Waals surface area contributed by atoms with E-state index < -0.39 is 0 Å². The molecular formula is C10H10BNO2. The molecule has 0 radical (unpaired) electrons. The van der Waals surface area contributed by atoms with Crippen LogP contribution in [0.5, 0.6) is 0 Å². The second-order valence-electron chi connectivity index (χ2n) is 3.13. The molecule has 14 heavy (non-hydrogen) atoms. The van der Waals surface area contributed by atoms with Gasteiger partial charge in [-0.15, -0.1) is 0 Å². The fourth-order valence-corrected chi connectivity index (χ4v) is 1.47. The van der Waals surface area contributed by atoms with Gasteiger partial charge in [-0.1, -0.05) is 18.2 Å². The van der Waals surface area contributed by atoms with E-state index in [1.807, 2.05) is 18.2 Å². The van der Waals surface area contributed by atoms with Crippen molar-refractivity contribution in [1.29, 1.82) is 5.26 Å². The molecule has 0 bridgehead atoms. The fraction of sp³-hybridized carbons (Fsp3) is 0.300. The third-order valence-electron chi connectivity index (χ3n) is 2.16. The molecule has 1 aliphatic heterocycles. The maximum absolute atomic E-state index is 8.89. The Kier molecular flexibility index (Phi) is 2.83. The zero-order valence-corrected chi connectivity index (χ0v) is 7.77. The first-order chi connectivity index (χ1) is 6.92. The summed E-state index contributed by atoms with van der Waals surface area (Å²) in [5, 5.41) is 8.89. The predicted octanol–water partition coefficient (Wildman–Crippen LogP) is 0.955. The molecule has 1 aliphatic rings. The molecule has 0 aromatic heterocycles. The van der Waals surface area contributed by atoms with Crippen molar-refractivity contribution >= 4 is 7.28 Å². The van der Waals surface area contributed by atoms with Crippen LogP contribution in [0, 0.1) is 11.3 Å². The van der Waals surface area contributed by atoms with Crippen LogP contribution < -0.4 is 0 Å². The second-order valence-corrected chi connectivity index (χ2v) is 3.13. The summed E-state index contributed by atoms with van der Waals surface area (Å²) in [5.41, 5.74) is 1.45. The van der Waals surface area contributed by atoms with Gasteiger partial charge in [-0.05, 0) is 6.07 Å². The molecule has 1 aromatic rings. The maximum atomic E-state index is 8.89. The van der Waals surface area contributed by atoms with Crippen LogP contribution in [-0.4, -0.2) is 20.3 Å². The highest BCUT2D eigenvalue weighted by Crippen LogP contribution is 2.23. The van der Waals surface area contributed by atoms with Gasteiger partial charge in [0.25, 0.3) is 0 Å². The van der Waals surface area contributed by atoms with Gasteiger partial charge in [0, 0.05) is 18.6 Å². The van der Waals surface area contributed by atoms with E-state index in [0.29, 0.717) is 18.6 Å². The number of hydrogen-bond acceptors (Lipinski definition) is 3. The number of nitrogens with zero attached hydrogens (tertiary/aromatic N) is 1. The number of nitriles is 1. The quantitative estimate of drug-likeness (QED) is 0.614. The average molecular weight is 187 g/mol. The van der Waals surface area contributed by atoms with Crippen LogP contribution in [0.2, 0.25) is 0 Å². The smallest absolute Gasteiger partial charge is 0.185 e. The lowest BCUT2D eigenvalue weighted by atomic mass is 9.81. The van der Waals surface area contributed by atoms with Gasteiger partial charge in [0.2, 0.25) is 0 Å². The van der Waals surface area contributed by atoms with E-state index in [9.17, 15) is 0 Å². The minimum absolute atomic E-state index is 0.361. The lowest BCUT2D eigenvalue weighted by molar-refractivity contribution is -0.136. The Hall–Kier alpha value is -1.31. The second kappa shape index (κ2) is 4.27. The molecule has 0 atom stereocenters. The molecule has 0 amide bonds. The number of ether oxygens (including phenoxy) is 2. The third kappa shape index (κ3) is 1.79. The van der Waals surface area contributed by atoms with E-state index in [0.717, 1.165) is 12.8 Å². The van der Waals surface area contributed by atoms with Crippen molar-refractivity contribution in [3.63, 3.8) is 0 Å². The highest BCUT2D eigenvalue weighted by atomic mass is 16.7. The topological polar surface area (TPSA) is 42.2 Å². The Morgan fingerprint density at radius 1 is 1.29 bits per heavy atom. The Morgan fingerprint density at radius 3 is 2.71 bits per heavy atom. The third-order valence-corrected chi connectivity index (χ3v) is 2.16. The average Bonchev–Trinajstić information content (AvgIpc) is 2.30. The maximum Gasteiger partial charge on any atom is 0.185 e. The molecule has 70 valence electrons. The Balaban J connectivity index is 2.26. The molecule has 1 saturated heterocycles. The van der Waals surface area contributed by atoms with Crippen molar-refractivity contribution in [2.45, 2.75) is 6.29 Å². The zero-order chi connectivity index (χ0) is 9.80. The van der Waals surface area contributed by atoms with Crippen molar-refractivity contribution in [3.8, 4) is 6.07 Å². The van der Waals surface area contributed by atoms with E-state index in [4.69, 9.17) is 14.7 Å². The largest absolute Gasteiger partial charge is 0.357 e. The van der Waals surface area contributed by atoms with E-state index in [2.05, 4.69) is 6.07 Å². The summed E-state index contributed by atoms with van der Waals surface area (Å²) in [6.45, 7) is 1.40. The summed E-state index contributed by atoms with van der Waals surface area (Å²) in [6, 6.07) is 9.50. The molecule has 4 heteroatoms. The zero-order valence-electron chi connectivity index (χ0n) is 7.77. The van der Waals surface area contributed by atoms with Crippen LogP contribution in [-0.2, 0) is 9.47 Å². The van der Waals surface area contributed by atoms with Gasteiger partial charge in [-0.25, -0.2) is 0 Å². The first kappa shape index (κ1) is 9.26. The van der Waals surface area contributed by atoms with E-state index >= 15 is 0 Å². The first-order valence-corrected chi connectivity index (χ1v) is 4.64. The normalized spacial score (nSPS) is 17.1. The van der Waals surface area contributed by atoms with Crippen molar-refractivity contribution in [2.24, 2.45) is 0 Å². The Labute approximate surface area is 83.5 Å². The van der Waals surface area contributed by atoms with E-state index in [-0.39, 0.29) is 6.29 Å². The lowest BCUT2D eigenvalue weighted by Crippen LogP contribution is -2.24. The van der Waals surface area contributed by atoms with Crippen LogP contribution in [0.15, 0.2) is 24.3 Å². The van der Waals surface area contributed by atoms with Gasteiger partial charge in [0.1, 0.15) is 0 Å². The van der Waals surface area contributed by atoms with Gasteiger partial charge in [-0.3, -0.25) is 0 Å². The molecule has 2 rings (SSSR count). The predicted molar refractivity (Wildman–Crippen MR) is 53.0 cm³/mol. The van der Waals surface area contributed by atoms with Crippen LogP contribution in [0.1, 0.15) is 17.4 Å². The molecule has 0 spiro atoms. The van der Waals surface area contributed by atoms with Gasteiger partial charge in [0.05, 0.1) is 11.6 Å². The van der Waals surface area contributed by atoms with Crippen LogP contribution in [0.4, 0.5) is 0 Å². The minimum Gasteiger partial charge on any atom is -0.357 e. The van der Waals surface area contributed by atoms with Crippen LogP contribution in [0.3, 0.4) is 0 Å². The summed E-state index contributed by atoms with van der Waals surface area (Å²) in [4.78, 5) is 0.